The van der Waals surface area contributed by atoms with E-state index >= 15 is 0 Å². The summed E-state index contributed by atoms with van der Waals surface area (Å²) in [4.78, 5) is 10.2. The van der Waals surface area contributed by atoms with Crippen molar-refractivity contribution in [3.8, 4) is 11.5 Å². The minimum atomic E-state index is -0.488. The van der Waals surface area contributed by atoms with Crippen LogP contribution in [0.5, 0.6) is 11.5 Å². The number of nitrogens with zero attached hydrogens (tertiary/aromatic N) is 1. The van der Waals surface area contributed by atoms with Gasteiger partial charge in [-0.3, -0.25) is 10.1 Å². The Morgan fingerprint density at radius 1 is 1.24 bits per heavy atom. The van der Waals surface area contributed by atoms with Crippen LogP contribution >= 0.6 is 27.5 Å². The lowest BCUT2D eigenvalue weighted by molar-refractivity contribution is -0.385. The summed E-state index contributed by atoms with van der Waals surface area (Å²) < 4.78 is 11.6. The summed E-state index contributed by atoms with van der Waals surface area (Å²) in [6.45, 7) is 0.236. The molecular weight excluding hydrogens is 362 g/mol. The third-order valence-electron chi connectivity index (χ3n) is 2.76. The Kier molecular flexibility index (Phi) is 5.03. The van der Waals surface area contributed by atoms with Crippen LogP contribution in [0.4, 0.5) is 5.69 Å². The first-order valence-corrected chi connectivity index (χ1v) is 7.07. The first-order valence-electron chi connectivity index (χ1n) is 5.90. The molecule has 0 saturated carbocycles. The summed E-state index contributed by atoms with van der Waals surface area (Å²) in [7, 11) is 1.43. The molecule has 0 aliphatic carbocycles. The van der Waals surface area contributed by atoms with E-state index in [1.54, 1.807) is 6.07 Å². The van der Waals surface area contributed by atoms with Crippen molar-refractivity contribution in [2.24, 2.45) is 0 Å². The van der Waals surface area contributed by atoms with Crippen molar-refractivity contribution in [2.75, 3.05) is 7.11 Å². The normalized spacial score (nSPS) is 10.2. The van der Waals surface area contributed by atoms with Crippen molar-refractivity contribution >= 4 is 33.2 Å². The van der Waals surface area contributed by atoms with Crippen LogP contribution in [-0.4, -0.2) is 12.0 Å². The van der Waals surface area contributed by atoms with Crippen LogP contribution in [0.2, 0.25) is 5.02 Å². The third-order valence-corrected chi connectivity index (χ3v) is 3.60. The molecule has 110 valence electrons. The van der Waals surface area contributed by atoms with E-state index in [0.29, 0.717) is 16.5 Å². The van der Waals surface area contributed by atoms with E-state index in [4.69, 9.17) is 21.1 Å². The molecule has 0 bridgehead atoms. The Labute approximate surface area is 134 Å². The second-order valence-corrected chi connectivity index (χ2v) is 5.44. The third kappa shape index (κ3) is 3.86. The minimum Gasteiger partial charge on any atom is -0.493 e. The van der Waals surface area contributed by atoms with Gasteiger partial charge < -0.3 is 9.47 Å². The van der Waals surface area contributed by atoms with Gasteiger partial charge in [-0.1, -0.05) is 33.6 Å². The van der Waals surface area contributed by atoms with E-state index in [1.165, 1.54) is 25.3 Å². The van der Waals surface area contributed by atoms with E-state index < -0.39 is 4.92 Å². The highest BCUT2D eigenvalue weighted by Gasteiger charge is 2.13. The van der Waals surface area contributed by atoms with E-state index in [-0.39, 0.29) is 12.3 Å². The number of hydrogen-bond donors (Lipinski definition) is 0. The first-order chi connectivity index (χ1) is 10.0. The van der Waals surface area contributed by atoms with Crippen molar-refractivity contribution in [1.29, 1.82) is 0 Å². The average molecular weight is 373 g/mol. The van der Waals surface area contributed by atoms with Gasteiger partial charge in [-0.15, -0.1) is 0 Å². The molecule has 0 aliphatic rings. The maximum absolute atomic E-state index is 10.7. The molecule has 0 aromatic heterocycles. The minimum absolute atomic E-state index is 0.0547. The zero-order valence-corrected chi connectivity index (χ0v) is 13.3. The van der Waals surface area contributed by atoms with E-state index in [9.17, 15) is 10.1 Å². The number of hydrogen-bond acceptors (Lipinski definition) is 4. The number of methoxy groups -OCH3 is 1. The molecule has 0 radical (unpaired) electrons. The highest BCUT2D eigenvalue weighted by Crippen LogP contribution is 2.32. The molecule has 5 nitrogen and oxygen atoms in total. The van der Waals surface area contributed by atoms with Gasteiger partial charge in [0.2, 0.25) is 0 Å². The Morgan fingerprint density at radius 2 is 2.00 bits per heavy atom. The van der Waals surface area contributed by atoms with Gasteiger partial charge in [0.25, 0.3) is 5.69 Å². The lowest BCUT2D eigenvalue weighted by Gasteiger charge is -2.11. The lowest BCUT2D eigenvalue weighted by atomic mass is 10.2. The van der Waals surface area contributed by atoms with Crippen molar-refractivity contribution in [2.45, 2.75) is 6.61 Å². The smallest absolute Gasteiger partial charge is 0.273 e. The van der Waals surface area contributed by atoms with Gasteiger partial charge in [0.1, 0.15) is 6.61 Å². The van der Waals surface area contributed by atoms with E-state index in [0.717, 1.165) is 10.0 Å². The van der Waals surface area contributed by atoms with Gasteiger partial charge in [0, 0.05) is 21.1 Å². The van der Waals surface area contributed by atoms with Crippen LogP contribution in [0.25, 0.3) is 0 Å². The second kappa shape index (κ2) is 6.78. The molecule has 0 heterocycles. The molecule has 2 aromatic rings. The van der Waals surface area contributed by atoms with Gasteiger partial charge in [-0.2, -0.15) is 0 Å². The standard InChI is InChI=1S/C14H11BrClNO4/c1-20-14-7-11(17(18)19)4-5-13(14)21-8-9-2-3-10(15)6-12(9)16/h2-7H,8H2,1H3. The number of nitro groups is 1. The maximum atomic E-state index is 10.7. The molecule has 0 atom stereocenters. The summed E-state index contributed by atoms with van der Waals surface area (Å²) >= 11 is 9.43. The number of ether oxygens (including phenoxy) is 2. The summed E-state index contributed by atoms with van der Waals surface area (Å²) in [5.41, 5.74) is 0.751. The zero-order chi connectivity index (χ0) is 15.4. The molecule has 0 spiro atoms. The summed E-state index contributed by atoms with van der Waals surface area (Å²) in [6.07, 6.45) is 0. The predicted octanol–water partition coefficient (Wildman–Crippen LogP) is 4.60. The van der Waals surface area contributed by atoms with Gasteiger partial charge in [0.15, 0.2) is 11.5 Å². The number of rotatable bonds is 5. The Hall–Kier alpha value is -1.79. The highest BCUT2D eigenvalue weighted by atomic mass is 79.9. The van der Waals surface area contributed by atoms with Gasteiger partial charge in [0.05, 0.1) is 18.1 Å². The summed E-state index contributed by atoms with van der Waals surface area (Å²) in [5, 5.41) is 11.3. The van der Waals surface area contributed by atoms with Crippen molar-refractivity contribution in [3.05, 3.63) is 61.6 Å². The molecule has 2 aromatic carbocycles. The second-order valence-electron chi connectivity index (χ2n) is 4.12. The predicted molar refractivity (Wildman–Crippen MR) is 83.1 cm³/mol. The molecular formula is C14H11BrClNO4. The molecule has 0 N–H and O–H groups in total. The van der Waals surface area contributed by atoms with Crippen LogP contribution in [0, 0.1) is 10.1 Å². The number of benzene rings is 2. The fraction of sp³-hybridized carbons (Fsp3) is 0.143. The first kappa shape index (κ1) is 15.6. The molecule has 2 rings (SSSR count). The fourth-order valence-corrected chi connectivity index (χ4v) is 2.41. The molecule has 7 heteroatoms. The average Bonchev–Trinajstić information content (AvgIpc) is 2.46. The van der Waals surface area contributed by atoms with Gasteiger partial charge >= 0.3 is 0 Å². The monoisotopic (exact) mass is 371 g/mol. The Morgan fingerprint density at radius 3 is 2.62 bits per heavy atom. The van der Waals surface area contributed by atoms with Crippen molar-refractivity contribution < 1.29 is 14.4 Å². The number of nitro benzene ring substituents is 1. The zero-order valence-electron chi connectivity index (χ0n) is 11.0. The molecule has 0 amide bonds. The van der Waals surface area contributed by atoms with Crippen molar-refractivity contribution in [1.82, 2.24) is 0 Å². The topological polar surface area (TPSA) is 61.6 Å². The maximum Gasteiger partial charge on any atom is 0.273 e. The molecule has 0 fully saturated rings. The van der Waals surface area contributed by atoms with Crippen LogP contribution in [0.3, 0.4) is 0 Å². The van der Waals surface area contributed by atoms with Crippen LogP contribution in [0.1, 0.15) is 5.56 Å². The Balaban J connectivity index is 2.17. The molecule has 0 saturated heterocycles. The highest BCUT2D eigenvalue weighted by molar-refractivity contribution is 9.10. The van der Waals surface area contributed by atoms with Crippen LogP contribution in [0.15, 0.2) is 40.9 Å². The van der Waals surface area contributed by atoms with E-state index in [2.05, 4.69) is 15.9 Å². The largest absolute Gasteiger partial charge is 0.493 e. The molecule has 21 heavy (non-hydrogen) atoms. The fourth-order valence-electron chi connectivity index (χ4n) is 1.68. The van der Waals surface area contributed by atoms with Crippen LogP contribution in [-0.2, 0) is 6.61 Å². The Bertz CT molecular complexity index is 678. The van der Waals surface area contributed by atoms with Crippen molar-refractivity contribution in [3.63, 3.8) is 0 Å². The number of non-ortho nitro benzene ring substituents is 1. The summed E-state index contributed by atoms with van der Waals surface area (Å²) in [5.74, 6) is 0.722. The van der Waals surface area contributed by atoms with Gasteiger partial charge in [-0.05, 0) is 18.2 Å². The molecule has 0 unspecified atom stereocenters. The molecule has 0 aliphatic heterocycles. The lowest BCUT2D eigenvalue weighted by Crippen LogP contribution is -1.99. The van der Waals surface area contributed by atoms with Gasteiger partial charge in [-0.25, -0.2) is 0 Å². The summed E-state index contributed by atoms with van der Waals surface area (Å²) in [6, 6.07) is 9.65. The quantitative estimate of drug-likeness (QED) is 0.568. The SMILES string of the molecule is COc1cc([N+](=O)[O-])ccc1OCc1ccc(Br)cc1Cl. The van der Waals surface area contributed by atoms with Crippen LogP contribution < -0.4 is 9.47 Å². The van der Waals surface area contributed by atoms with E-state index in [1.807, 2.05) is 12.1 Å². The number of halogens is 2.